The molecule has 1 aliphatic rings. The van der Waals surface area contributed by atoms with Crippen molar-refractivity contribution in [3.05, 3.63) is 51.0 Å². The molecule has 2 rings (SSSR count). The molecule has 0 atom stereocenters. The first-order valence-corrected chi connectivity index (χ1v) is 7.08. The average molecular weight is 322 g/mol. The summed E-state index contributed by atoms with van der Waals surface area (Å²) in [5.41, 5.74) is 0.823. The molecular weight excluding hydrogens is 309 g/mol. The second-order valence-electron chi connectivity index (χ2n) is 5.34. The third-order valence-corrected chi connectivity index (χ3v) is 3.61. The zero-order chi connectivity index (χ0) is 15.6. The lowest BCUT2D eigenvalue weighted by Crippen LogP contribution is -2.33. The van der Waals surface area contributed by atoms with Crippen LogP contribution in [0.1, 0.15) is 25.8 Å². The molecule has 0 radical (unpaired) electrons. The fourth-order valence-corrected chi connectivity index (χ4v) is 2.57. The third-order valence-electron chi connectivity index (χ3n) is 3.05. The second-order valence-corrected chi connectivity index (χ2v) is 6.18. The van der Waals surface area contributed by atoms with Gasteiger partial charge in [0, 0.05) is 16.5 Å². The fraction of sp³-hybridized carbons (Fsp3) is 0.250. The summed E-state index contributed by atoms with van der Waals surface area (Å²) in [5, 5.41) is 10.2. The molecule has 1 aromatic carbocycles. The van der Waals surface area contributed by atoms with Gasteiger partial charge in [-0.05, 0) is 37.1 Å². The number of cyclic esters (lactones) is 1. The van der Waals surface area contributed by atoms with Crippen LogP contribution in [0.4, 0.5) is 0 Å². The maximum Gasteiger partial charge on any atom is 0.349 e. The maximum atomic E-state index is 11.8. The molecule has 0 aromatic heterocycles. The first kappa shape index (κ1) is 15.6. The summed E-state index contributed by atoms with van der Waals surface area (Å²) in [6.45, 7) is 3.62. The van der Waals surface area contributed by atoms with E-state index in [1.165, 1.54) is 0 Å². The molecule has 0 amide bonds. The number of nitrogens with zero attached hydrogens (tertiary/aromatic N) is 1. The Balaban J connectivity index is 2.38. The number of benzene rings is 1. The topological polar surface area (TPSA) is 50.1 Å². The van der Waals surface area contributed by atoms with E-state index in [0.717, 1.165) is 5.56 Å². The second kappa shape index (κ2) is 5.93. The summed E-state index contributed by atoms with van der Waals surface area (Å²) in [6.07, 6.45) is 3.97. The Labute approximate surface area is 133 Å². The van der Waals surface area contributed by atoms with Gasteiger partial charge in [0.15, 0.2) is 0 Å². The van der Waals surface area contributed by atoms with Gasteiger partial charge >= 0.3 is 5.97 Å². The highest BCUT2D eigenvalue weighted by Gasteiger charge is 2.33. The Morgan fingerprint density at radius 3 is 2.67 bits per heavy atom. The molecular formula is C16H13Cl2NO2. The van der Waals surface area contributed by atoms with Gasteiger partial charge in [0.2, 0.25) is 0 Å². The largest absolute Gasteiger partial charge is 0.455 e. The van der Waals surface area contributed by atoms with Crippen LogP contribution in [0.25, 0.3) is 6.08 Å². The molecule has 0 saturated heterocycles. The Morgan fingerprint density at radius 2 is 2.05 bits per heavy atom. The van der Waals surface area contributed by atoms with Gasteiger partial charge in [-0.25, -0.2) is 4.79 Å². The van der Waals surface area contributed by atoms with Crippen LogP contribution in [0.3, 0.4) is 0 Å². The lowest BCUT2D eigenvalue weighted by molar-refractivity contribution is -0.152. The highest BCUT2D eigenvalue weighted by molar-refractivity contribution is 6.35. The van der Waals surface area contributed by atoms with Gasteiger partial charge in [-0.2, -0.15) is 5.26 Å². The minimum Gasteiger partial charge on any atom is -0.455 e. The number of carbonyl (C=O) groups excluding carboxylic acids is 1. The van der Waals surface area contributed by atoms with Gasteiger partial charge in [-0.1, -0.05) is 41.4 Å². The first-order chi connectivity index (χ1) is 9.82. The number of hydrogen-bond donors (Lipinski definition) is 0. The molecule has 5 heteroatoms. The molecule has 1 aromatic rings. The van der Waals surface area contributed by atoms with Gasteiger partial charge in [0.1, 0.15) is 17.2 Å². The molecule has 108 valence electrons. The van der Waals surface area contributed by atoms with Gasteiger partial charge < -0.3 is 4.74 Å². The van der Waals surface area contributed by atoms with Crippen molar-refractivity contribution in [1.82, 2.24) is 0 Å². The number of hydrogen-bond acceptors (Lipinski definition) is 3. The number of esters is 1. The third kappa shape index (κ3) is 3.66. The zero-order valence-corrected chi connectivity index (χ0v) is 13.1. The van der Waals surface area contributed by atoms with Gasteiger partial charge in [-0.15, -0.1) is 0 Å². The molecule has 0 saturated carbocycles. The summed E-state index contributed by atoms with van der Waals surface area (Å²) in [6, 6.07) is 7.05. The maximum absolute atomic E-state index is 11.8. The Kier molecular flexibility index (Phi) is 4.41. The van der Waals surface area contributed by atoms with E-state index in [9.17, 15) is 4.79 Å². The van der Waals surface area contributed by atoms with Crippen LogP contribution < -0.4 is 0 Å². The van der Waals surface area contributed by atoms with Crippen LogP contribution >= 0.6 is 23.2 Å². The molecule has 0 aliphatic carbocycles. The fourth-order valence-electron chi connectivity index (χ4n) is 2.10. The quantitative estimate of drug-likeness (QED) is 0.750. The van der Waals surface area contributed by atoms with Crippen molar-refractivity contribution < 1.29 is 9.53 Å². The number of halogens is 2. The number of rotatable bonds is 2. The minimum atomic E-state index is -0.624. The van der Waals surface area contributed by atoms with Crippen molar-refractivity contribution in [1.29, 1.82) is 5.26 Å². The van der Waals surface area contributed by atoms with E-state index in [0.29, 0.717) is 22.0 Å². The van der Waals surface area contributed by atoms with E-state index in [1.54, 1.807) is 30.4 Å². The van der Waals surface area contributed by atoms with Crippen molar-refractivity contribution in [3.63, 3.8) is 0 Å². The summed E-state index contributed by atoms with van der Waals surface area (Å²) in [7, 11) is 0. The molecule has 0 fully saturated rings. The van der Waals surface area contributed by atoms with E-state index in [4.69, 9.17) is 33.2 Å². The Hall–Kier alpha value is -1.76. The van der Waals surface area contributed by atoms with Crippen LogP contribution in [0.15, 0.2) is 35.4 Å². The normalized spacial score (nSPS) is 17.8. The molecule has 3 nitrogen and oxygen atoms in total. The van der Waals surface area contributed by atoms with Crippen LogP contribution in [0.5, 0.6) is 0 Å². The SMILES string of the molecule is CC1(C)CC(/C=C/c2ccc(Cl)cc2Cl)=C(C#N)C(=O)O1. The van der Waals surface area contributed by atoms with Crippen LogP contribution in [-0.4, -0.2) is 11.6 Å². The monoisotopic (exact) mass is 321 g/mol. The molecule has 0 unspecified atom stereocenters. The highest BCUT2D eigenvalue weighted by atomic mass is 35.5. The molecule has 1 aliphatic heterocycles. The van der Waals surface area contributed by atoms with Gasteiger partial charge in [-0.3, -0.25) is 0 Å². The van der Waals surface area contributed by atoms with Gasteiger partial charge in [0.25, 0.3) is 0 Å². The van der Waals surface area contributed by atoms with E-state index in [-0.39, 0.29) is 5.57 Å². The first-order valence-electron chi connectivity index (χ1n) is 6.32. The number of ether oxygens (including phenoxy) is 1. The van der Waals surface area contributed by atoms with E-state index < -0.39 is 11.6 Å². The van der Waals surface area contributed by atoms with Crippen LogP contribution in [0.2, 0.25) is 10.0 Å². The summed E-state index contributed by atoms with van der Waals surface area (Å²) < 4.78 is 5.20. The van der Waals surface area contributed by atoms with E-state index in [2.05, 4.69) is 0 Å². The van der Waals surface area contributed by atoms with Crippen LogP contribution in [0, 0.1) is 11.3 Å². The molecule has 0 spiro atoms. The predicted octanol–water partition coefficient (Wildman–Crippen LogP) is 4.55. The molecule has 1 heterocycles. The van der Waals surface area contributed by atoms with Crippen LogP contribution in [-0.2, 0) is 9.53 Å². The molecule has 0 N–H and O–H groups in total. The molecule has 0 bridgehead atoms. The Bertz CT molecular complexity index is 697. The van der Waals surface area contributed by atoms with Crippen molar-refractivity contribution in [2.24, 2.45) is 0 Å². The number of nitriles is 1. The minimum absolute atomic E-state index is 0.0376. The summed E-state index contributed by atoms with van der Waals surface area (Å²) in [5.74, 6) is -0.587. The highest BCUT2D eigenvalue weighted by Crippen LogP contribution is 2.31. The van der Waals surface area contributed by atoms with Crippen molar-refractivity contribution in [2.45, 2.75) is 25.9 Å². The Morgan fingerprint density at radius 1 is 1.33 bits per heavy atom. The summed E-state index contributed by atoms with van der Waals surface area (Å²) >= 11 is 11.9. The van der Waals surface area contributed by atoms with Crippen molar-refractivity contribution in [2.75, 3.05) is 0 Å². The standard InChI is InChI=1S/C16H13Cl2NO2/c1-16(2)8-11(13(9-19)15(20)21-16)4-3-10-5-6-12(17)7-14(10)18/h3-7H,8H2,1-2H3/b4-3+. The smallest absolute Gasteiger partial charge is 0.349 e. The van der Waals surface area contributed by atoms with Gasteiger partial charge in [0.05, 0.1) is 0 Å². The predicted molar refractivity (Wildman–Crippen MR) is 82.9 cm³/mol. The summed E-state index contributed by atoms with van der Waals surface area (Å²) in [4.78, 5) is 11.8. The lowest BCUT2D eigenvalue weighted by Gasteiger charge is -2.30. The molecule has 21 heavy (non-hydrogen) atoms. The van der Waals surface area contributed by atoms with Crippen molar-refractivity contribution >= 4 is 35.2 Å². The average Bonchev–Trinajstić information content (AvgIpc) is 2.36. The number of allylic oxidation sites excluding steroid dienone is 1. The lowest BCUT2D eigenvalue weighted by atomic mass is 9.91. The zero-order valence-electron chi connectivity index (χ0n) is 11.6. The van der Waals surface area contributed by atoms with Crippen molar-refractivity contribution in [3.8, 4) is 6.07 Å². The van der Waals surface area contributed by atoms with E-state index in [1.807, 2.05) is 19.9 Å². The number of carbonyl (C=O) groups is 1. The van der Waals surface area contributed by atoms with E-state index >= 15 is 0 Å².